The van der Waals surface area contributed by atoms with E-state index in [2.05, 4.69) is 0 Å². The molecule has 0 heterocycles. The highest BCUT2D eigenvalue weighted by Crippen LogP contribution is 2.34. The van der Waals surface area contributed by atoms with Crippen LogP contribution in [0, 0.1) is 11.8 Å². The first-order valence-electron chi connectivity index (χ1n) is 10.3. The number of unbranched alkanes of at least 4 members (excludes halogenated alkanes) is 3. The van der Waals surface area contributed by atoms with Crippen LogP contribution in [0.3, 0.4) is 0 Å². The summed E-state index contributed by atoms with van der Waals surface area (Å²) < 4.78 is 0. The number of benzene rings is 1. The number of hydrogen-bond acceptors (Lipinski definition) is 4. The summed E-state index contributed by atoms with van der Waals surface area (Å²) in [4.78, 5) is 22.7. The van der Waals surface area contributed by atoms with Crippen molar-refractivity contribution in [3.63, 3.8) is 0 Å². The molecular weight excluding hydrogens is 356 g/mol. The van der Waals surface area contributed by atoms with Crippen molar-refractivity contribution in [1.82, 2.24) is 0 Å². The summed E-state index contributed by atoms with van der Waals surface area (Å²) >= 11 is 0. The largest absolute Gasteiger partial charge is 0.481 e. The van der Waals surface area contributed by atoms with Gasteiger partial charge in [0.05, 0.1) is 12.2 Å². The van der Waals surface area contributed by atoms with Gasteiger partial charge in [-0.2, -0.15) is 0 Å². The maximum atomic E-state index is 12.2. The van der Waals surface area contributed by atoms with E-state index in [1.807, 2.05) is 36.4 Å². The average molecular weight is 389 g/mol. The first-order valence-corrected chi connectivity index (χ1v) is 10.3. The summed E-state index contributed by atoms with van der Waals surface area (Å²) in [7, 11) is 0. The van der Waals surface area contributed by atoms with E-state index in [9.17, 15) is 19.8 Å². The van der Waals surface area contributed by atoms with Crippen LogP contribution in [-0.2, 0) is 16.0 Å². The molecule has 0 bridgehead atoms. The van der Waals surface area contributed by atoms with Gasteiger partial charge in [-0.15, -0.1) is 0 Å². The molecule has 0 amide bonds. The van der Waals surface area contributed by atoms with Gasteiger partial charge in [-0.3, -0.25) is 9.59 Å². The van der Waals surface area contributed by atoms with E-state index in [0.717, 1.165) is 25.7 Å². The molecule has 1 fully saturated rings. The zero-order valence-corrected chi connectivity index (χ0v) is 16.4. The molecule has 1 aliphatic rings. The molecule has 28 heavy (non-hydrogen) atoms. The molecule has 4 atom stereocenters. The number of Topliss-reactive ketones (excluding diaryl/α,β-unsaturated/α-hetero) is 1. The van der Waals surface area contributed by atoms with Crippen LogP contribution >= 0.6 is 0 Å². The highest BCUT2D eigenvalue weighted by molar-refractivity contribution is 5.84. The van der Waals surface area contributed by atoms with Gasteiger partial charge in [-0.05, 0) is 31.2 Å². The van der Waals surface area contributed by atoms with E-state index < -0.39 is 18.2 Å². The third kappa shape index (κ3) is 7.56. The zero-order chi connectivity index (χ0) is 20.4. The van der Waals surface area contributed by atoms with Crippen LogP contribution in [0.4, 0.5) is 0 Å². The summed E-state index contributed by atoms with van der Waals surface area (Å²) in [5, 5.41) is 29.1. The first-order chi connectivity index (χ1) is 13.5. The molecule has 1 saturated carbocycles. The van der Waals surface area contributed by atoms with E-state index in [1.165, 1.54) is 5.56 Å². The molecule has 154 valence electrons. The van der Waals surface area contributed by atoms with Crippen LogP contribution in [0.2, 0.25) is 0 Å². The Morgan fingerprint density at radius 3 is 2.57 bits per heavy atom. The molecular formula is C23H32O5. The number of carboxylic acid groups (broad SMARTS) is 1. The smallest absolute Gasteiger partial charge is 0.303 e. The maximum Gasteiger partial charge on any atom is 0.303 e. The van der Waals surface area contributed by atoms with Crippen LogP contribution in [0.15, 0.2) is 42.5 Å². The van der Waals surface area contributed by atoms with Crippen molar-refractivity contribution in [3.05, 3.63) is 48.0 Å². The lowest BCUT2D eigenvalue weighted by atomic mass is 9.88. The van der Waals surface area contributed by atoms with Crippen molar-refractivity contribution in [1.29, 1.82) is 0 Å². The van der Waals surface area contributed by atoms with Gasteiger partial charge in [0.1, 0.15) is 5.78 Å². The van der Waals surface area contributed by atoms with Crippen LogP contribution in [0.1, 0.15) is 56.9 Å². The van der Waals surface area contributed by atoms with Gasteiger partial charge in [0.15, 0.2) is 0 Å². The lowest BCUT2D eigenvalue weighted by molar-refractivity contribution is -0.137. The Balaban J connectivity index is 1.77. The summed E-state index contributed by atoms with van der Waals surface area (Å²) in [5.74, 6) is -1.12. The van der Waals surface area contributed by atoms with Crippen molar-refractivity contribution in [2.75, 3.05) is 0 Å². The summed E-state index contributed by atoms with van der Waals surface area (Å²) in [6, 6.07) is 9.98. The summed E-state index contributed by atoms with van der Waals surface area (Å²) in [5.41, 5.74) is 1.17. The fourth-order valence-corrected chi connectivity index (χ4v) is 3.90. The fourth-order valence-electron chi connectivity index (χ4n) is 3.90. The lowest BCUT2D eigenvalue weighted by Gasteiger charge is -2.18. The fraction of sp³-hybridized carbons (Fsp3) is 0.565. The molecule has 0 radical (unpaired) electrons. The van der Waals surface area contributed by atoms with Gasteiger partial charge in [-0.1, -0.05) is 61.7 Å². The highest BCUT2D eigenvalue weighted by atomic mass is 16.4. The second kappa shape index (κ2) is 11.8. The highest BCUT2D eigenvalue weighted by Gasteiger charge is 2.39. The van der Waals surface area contributed by atoms with Gasteiger partial charge in [0.25, 0.3) is 0 Å². The zero-order valence-electron chi connectivity index (χ0n) is 16.4. The first kappa shape index (κ1) is 22.3. The lowest BCUT2D eigenvalue weighted by Crippen LogP contribution is -2.19. The predicted octanol–water partition coefficient (Wildman–Crippen LogP) is 3.53. The molecule has 1 aromatic carbocycles. The summed E-state index contributed by atoms with van der Waals surface area (Å²) in [6.45, 7) is 0. The number of aryl methyl sites for hydroxylation is 1. The Bertz CT molecular complexity index is 640. The Labute approximate surface area is 167 Å². The van der Waals surface area contributed by atoms with Crippen LogP contribution in [0.25, 0.3) is 0 Å². The van der Waals surface area contributed by atoms with Crippen molar-refractivity contribution in [3.8, 4) is 0 Å². The number of rotatable bonds is 12. The number of aliphatic hydroxyl groups excluding tert-OH is 2. The topological polar surface area (TPSA) is 94.8 Å². The Hall–Kier alpha value is -1.98. The van der Waals surface area contributed by atoms with Crippen LogP contribution in [-0.4, -0.2) is 39.3 Å². The minimum absolute atomic E-state index is 0.0893. The number of hydrogen-bond donors (Lipinski definition) is 3. The number of carbonyl (C=O) groups excluding carboxylic acids is 1. The van der Waals surface area contributed by atoms with E-state index in [-0.39, 0.29) is 30.5 Å². The van der Waals surface area contributed by atoms with Crippen LogP contribution in [0.5, 0.6) is 0 Å². The van der Waals surface area contributed by atoms with Crippen molar-refractivity contribution >= 4 is 11.8 Å². The van der Waals surface area contributed by atoms with Gasteiger partial charge in [0.2, 0.25) is 0 Å². The van der Waals surface area contributed by atoms with Gasteiger partial charge in [0, 0.05) is 24.7 Å². The molecule has 5 nitrogen and oxygen atoms in total. The molecule has 0 saturated heterocycles. The van der Waals surface area contributed by atoms with Crippen molar-refractivity contribution in [2.24, 2.45) is 11.8 Å². The maximum absolute atomic E-state index is 12.2. The average Bonchev–Trinajstić information content (AvgIpc) is 2.94. The minimum atomic E-state index is -0.773. The molecule has 0 aromatic heterocycles. The molecule has 1 aliphatic carbocycles. The molecule has 0 spiro atoms. The van der Waals surface area contributed by atoms with E-state index in [1.54, 1.807) is 6.08 Å². The van der Waals surface area contributed by atoms with Crippen LogP contribution < -0.4 is 0 Å². The SMILES string of the molecule is O=C(O)CCCCCCC1C(=O)CC(O)C1/C=C/C(O)CCc1ccccc1. The third-order valence-corrected chi connectivity index (χ3v) is 5.52. The Kier molecular flexibility index (Phi) is 9.38. The molecule has 4 unspecified atom stereocenters. The normalized spacial score (nSPS) is 23.4. The van der Waals surface area contributed by atoms with E-state index >= 15 is 0 Å². The van der Waals surface area contributed by atoms with E-state index in [0.29, 0.717) is 19.3 Å². The monoisotopic (exact) mass is 388 g/mol. The quantitative estimate of drug-likeness (QED) is 0.376. The standard InChI is InChI=1S/C23H32O5/c24-18(13-12-17-8-4-3-5-9-17)14-15-20-19(21(25)16-22(20)26)10-6-1-2-7-11-23(27)28/h3-5,8-9,14-15,18-20,22,24,26H,1-2,6-7,10-13,16H2,(H,27,28)/b15-14+. The molecule has 3 N–H and O–H groups in total. The number of ketones is 1. The van der Waals surface area contributed by atoms with Gasteiger partial charge < -0.3 is 15.3 Å². The number of carboxylic acids is 1. The Morgan fingerprint density at radius 2 is 1.86 bits per heavy atom. The Morgan fingerprint density at radius 1 is 1.14 bits per heavy atom. The molecule has 1 aromatic rings. The van der Waals surface area contributed by atoms with E-state index in [4.69, 9.17) is 5.11 Å². The van der Waals surface area contributed by atoms with Gasteiger partial charge >= 0.3 is 5.97 Å². The molecule has 2 rings (SSSR count). The predicted molar refractivity (Wildman–Crippen MR) is 108 cm³/mol. The van der Waals surface area contributed by atoms with Gasteiger partial charge in [-0.25, -0.2) is 0 Å². The third-order valence-electron chi connectivity index (χ3n) is 5.52. The second-order valence-electron chi connectivity index (χ2n) is 7.74. The number of aliphatic carboxylic acids is 1. The summed E-state index contributed by atoms with van der Waals surface area (Å²) in [6.07, 6.45) is 7.96. The van der Waals surface area contributed by atoms with Crippen molar-refractivity contribution in [2.45, 2.75) is 70.0 Å². The molecule has 0 aliphatic heterocycles. The number of aliphatic hydroxyl groups is 2. The minimum Gasteiger partial charge on any atom is -0.481 e. The van der Waals surface area contributed by atoms with Crippen molar-refractivity contribution < 1.29 is 24.9 Å². The number of carbonyl (C=O) groups is 2. The molecule has 5 heteroatoms. The second-order valence-corrected chi connectivity index (χ2v) is 7.74.